The molecule has 1 saturated heterocycles. The molecule has 4 heteroatoms. The van der Waals surface area contributed by atoms with Crippen molar-refractivity contribution in [3.05, 3.63) is 46.7 Å². The highest BCUT2D eigenvalue weighted by Gasteiger charge is 2.08. The van der Waals surface area contributed by atoms with Gasteiger partial charge in [0.25, 0.3) is 0 Å². The SMILES string of the molecule is CN(/C=C1\CCCO1)Cc1ccc(N=O)cc1. The summed E-state index contributed by atoms with van der Waals surface area (Å²) in [5, 5.41) is 2.88. The molecule has 0 aliphatic carbocycles. The lowest BCUT2D eigenvalue weighted by molar-refractivity contribution is 0.253. The van der Waals surface area contributed by atoms with Crippen molar-refractivity contribution in [3.8, 4) is 0 Å². The number of nitrogens with zero attached hydrogens (tertiary/aromatic N) is 2. The van der Waals surface area contributed by atoms with Crippen LogP contribution in [-0.4, -0.2) is 18.6 Å². The van der Waals surface area contributed by atoms with Crippen molar-refractivity contribution in [3.63, 3.8) is 0 Å². The standard InChI is InChI=1S/C13H16N2O2/c1-15(10-13-3-2-8-17-13)9-11-4-6-12(14-16)7-5-11/h4-7,10H,2-3,8-9H2,1H3/b13-10+. The van der Waals surface area contributed by atoms with Crippen molar-refractivity contribution in [2.75, 3.05) is 13.7 Å². The van der Waals surface area contributed by atoms with Gasteiger partial charge in [0, 0.05) is 26.2 Å². The molecule has 0 amide bonds. The Morgan fingerprint density at radius 2 is 2.18 bits per heavy atom. The maximum absolute atomic E-state index is 10.3. The number of ether oxygens (including phenoxy) is 1. The molecule has 4 nitrogen and oxygen atoms in total. The van der Waals surface area contributed by atoms with E-state index in [1.54, 1.807) is 12.1 Å². The Kier molecular flexibility index (Phi) is 3.75. The van der Waals surface area contributed by atoms with Crippen molar-refractivity contribution in [2.24, 2.45) is 5.18 Å². The van der Waals surface area contributed by atoms with Crippen LogP contribution in [0.2, 0.25) is 0 Å². The molecule has 0 radical (unpaired) electrons. The molecule has 0 bridgehead atoms. The molecule has 0 unspecified atom stereocenters. The second-order valence-corrected chi connectivity index (χ2v) is 4.22. The molecule has 1 aromatic rings. The van der Waals surface area contributed by atoms with Crippen LogP contribution in [0.5, 0.6) is 0 Å². The predicted octanol–water partition coefficient (Wildman–Crippen LogP) is 3.17. The average molecular weight is 232 g/mol. The van der Waals surface area contributed by atoms with E-state index in [4.69, 9.17) is 4.74 Å². The predicted molar refractivity (Wildman–Crippen MR) is 66.6 cm³/mol. The first-order valence-electron chi connectivity index (χ1n) is 5.74. The zero-order valence-corrected chi connectivity index (χ0v) is 9.93. The van der Waals surface area contributed by atoms with Crippen molar-refractivity contribution in [1.29, 1.82) is 0 Å². The highest BCUT2D eigenvalue weighted by molar-refractivity contribution is 5.38. The maximum atomic E-state index is 10.3. The average Bonchev–Trinajstić information content (AvgIpc) is 2.82. The first kappa shape index (κ1) is 11.6. The van der Waals surface area contributed by atoms with E-state index in [0.717, 1.165) is 37.3 Å². The molecule has 1 aliphatic rings. The Balaban J connectivity index is 1.94. The van der Waals surface area contributed by atoms with Gasteiger partial charge in [-0.1, -0.05) is 12.1 Å². The fraction of sp³-hybridized carbons (Fsp3) is 0.385. The summed E-state index contributed by atoms with van der Waals surface area (Å²) >= 11 is 0. The summed E-state index contributed by atoms with van der Waals surface area (Å²) in [6, 6.07) is 7.30. The molecule has 0 spiro atoms. The quantitative estimate of drug-likeness (QED) is 0.749. The summed E-state index contributed by atoms with van der Waals surface area (Å²) in [4.78, 5) is 12.4. The number of hydrogen-bond acceptors (Lipinski definition) is 4. The van der Waals surface area contributed by atoms with E-state index in [9.17, 15) is 4.91 Å². The minimum atomic E-state index is 0.467. The van der Waals surface area contributed by atoms with Gasteiger partial charge in [-0.3, -0.25) is 0 Å². The molecular formula is C13H16N2O2. The van der Waals surface area contributed by atoms with Crippen LogP contribution in [0.25, 0.3) is 0 Å². The first-order chi connectivity index (χ1) is 8.28. The monoisotopic (exact) mass is 232 g/mol. The number of nitroso groups, excluding NO2 is 1. The van der Waals surface area contributed by atoms with Gasteiger partial charge < -0.3 is 9.64 Å². The van der Waals surface area contributed by atoms with Gasteiger partial charge in [-0.05, 0) is 29.3 Å². The maximum Gasteiger partial charge on any atom is 0.112 e. The van der Waals surface area contributed by atoms with Gasteiger partial charge in [0.2, 0.25) is 0 Å². The van der Waals surface area contributed by atoms with Gasteiger partial charge in [-0.25, -0.2) is 0 Å². The van der Waals surface area contributed by atoms with E-state index in [1.165, 1.54) is 0 Å². The molecule has 1 aromatic carbocycles. The fourth-order valence-electron chi connectivity index (χ4n) is 1.87. The second kappa shape index (κ2) is 5.48. The van der Waals surface area contributed by atoms with E-state index in [2.05, 4.69) is 10.1 Å². The summed E-state index contributed by atoms with van der Waals surface area (Å²) < 4.78 is 5.46. The summed E-state index contributed by atoms with van der Waals surface area (Å²) in [5.74, 6) is 1.05. The Hall–Kier alpha value is -1.84. The molecule has 17 heavy (non-hydrogen) atoms. The Morgan fingerprint density at radius 1 is 1.41 bits per heavy atom. The number of rotatable bonds is 4. The summed E-state index contributed by atoms with van der Waals surface area (Å²) in [6.07, 6.45) is 4.18. The van der Waals surface area contributed by atoms with E-state index >= 15 is 0 Å². The molecule has 90 valence electrons. The second-order valence-electron chi connectivity index (χ2n) is 4.22. The van der Waals surface area contributed by atoms with Crippen LogP contribution in [-0.2, 0) is 11.3 Å². The minimum Gasteiger partial charge on any atom is -0.496 e. The molecule has 0 aromatic heterocycles. The Morgan fingerprint density at radius 3 is 2.76 bits per heavy atom. The number of allylic oxidation sites excluding steroid dienone is 1. The third-order valence-corrected chi connectivity index (χ3v) is 2.69. The van der Waals surface area contributed by atoms with Gasteiger partial charge in [0.15, 0.2) is 0 Å². The molecule has 1 aliphatic heterocycles. The van der Waals surface area contributed by atoms with E-state index in [1.807, 2.05) is 25.4 Å². The van der Waals surface area contributed by atoms with Crippen LogP contribution in [0, 0.1) is 4.91 Å². The topological polar surface area (TPSA) is 41.9 Å². The Bertz CT molecular complexity index is 404. The van der Waals surface area contributed by atoms with E-state index in [0.29, 0.717) is 5.69 Å². The molecule has 0 atom stereocenters. The summed E-state index contributed by atoms with van der Waals surface area (Å²) in [7, 11) is 2.01. The normalized spacial score (nSPS) is 16.9. The highest BCUT2D eigenvalue weighted by atomic mass is 16.5. The number of hydrogen-bond donors (Lipinski definition) is 0. The first-order valence-corrected chi connectivity index (χ1v) is 5.74. The van der Waals surface area contributed by atoms with Crippen molar-refractivity contribution >= 4 is 5.69 Å². The van der Waals surface area contributed by atoms with Gasteiger partial charge in [0.05, 0.1) is 6.61 Å². The molecule has 2 rings (SSSR count). The van der Waals surface area contributed by atoms with Crippen LogP contribution in [0.3, 0.4) is 0 Å². The molecule has 1 fully saturated rings. The van der Waals surface area contributed by atoms with E-state index in [-0.39, 0.29) is 0 Å². The lowest BCUT2D eigenvalue weighted by atomic mass is 10.2. The van der Waals surface area contributed by atoms with Gasteiger partial charge in [-0.2, -0.15) is 0 Å². The van der Waals surface area contributed by atoms with Crippen LogP contribution in [0.4, 0.5) is 5.69 Å². The Labute approximate surface area is 101 Å². The van der Waals surface area contributed by atoms with Gasteiger partial charge >= 0.3 is 0 Å². The lowest BCUT2D eigenvalue weighted by Gasteiger charge is -2.15. The van der Waals surface area contributed by atoms with Crippen molar-refractivity contribution < 1.29 is 4.74 Å². The molecular weight excluding hydrogens is 216 g/mol. The van der Waals surface area contributed by atoms with Gasteiger partial charge in [0.1, 0.15) is 11.4 Å². The van der Waals surface area contributed by atoms with Crippen LogP contribution in [0.1, 0.15) is 18.4 Å². The van der Waals surface area contributed by atoms with Crippen LogP contribution < -0.4 is 0 Å². The number of benzene rings is 1. The summed E-state index contributed by atoms with van der Waals surface area (Å²) in [6.45, 7) is 1.63. The van der Waals surface area contributed by atoms with Crippen LogP contribution >= 0.6 is 0 Å². The minimum absolute atomic E-state index is 0.467. The zero-order chi connectivity index (χ0) is 12.1. The van der Waals surface area contributed by atoms with Crippen LogP contribution in [0.15, 0.2) is 41.4 Å². The fourth-order valence-corrected chi connectivity index (χ4v) is 1.87. The third kappa shape index (κ3) is 3.31. The molecule has 0 N–H and O–H groups in total. The zero-order valence-electron chi connectivity index (χ0n) is 9.93. The van der Waals surface area contributed by atoms with Crippen molar-refractivity contribution in [2.45, 2.75) is 19.4 Å². The highest BCUT2D eigenvalue weighted by Crippen LogP contribution is 2.18. The molecule has 1 heterocycles. The van der Waals surface area contributed by atoms with E-state index < -0.39 is 0 Å². The molecule has 0 saturated carbocycles. The van der Waals surface area contributed by atoms with Gasteiger partial charge in [-0.15, -0.1) is 4.91 Å². The lowest BCUT2D eigenvalue weighted by Crippen LogP contribution is -2.11. The largest absolute Gasteiger partial charge is 0.496 e. The third-order valence-electron chi connectivity index (χ3n) is 2.69. The summed E-state index contributed by atoms with van der Waals surface area (Å²) in [5.41, 5.74) is 1.61. The smallest absolute Gasteiger partial charge is 0.112 e. The van der Waals surface area contributed by atoms with Crippen molar-refractivity contribution in [1.82, 2.24) is 4.90 Å².